The van der Waals surface area contributed by atoms with Crippen LogP contribution in [-0.4, -0.2) is 32.5 Å². The molecule has 82 valence electrons. The van der Waals surface area contributed by atoms with E-state index in [2.05, 4.69) is 12.2 Å². The normalized spacial score (nSPS) is 33.1. The first-order valence-corrected chi connectivity index (χ1v) is 7.38. The van der Waals surface area contributed by atoms with Crippen molar-refractivity contribution in [3.63, 3.8) is 0 Å². The van der Waals surface area contributed by atoms with Crippen LogP contribution in [0.1, 0.15) is 26.2 Å². The maximum atomic E-state index is 11.4. The maximum absolute atomic E-state index is 11.4. The molecule has 1 aliphatic heterocycles. The van der Waals surface area contributed by atoms with Gasteiger partial charge in [-0.25, -0.2) is 8.42 Å². The second-order valence-corrected chi connectivity index (χ2v) is 6.81. The molecule has 2 atom stereocenters. The highest BCUT2D eigenvalue weighted by molar-refractivity contribution is 7.91. The van der Waals surface area contributed by atoms with E-state index >= 15 is 0 Å². The molecule has 2 unspecified atom stereocenters. The van der Waals surface area contributed by atoms with Crippen LogP contribution >= 0.6 is 0 Å². The molecule has 0 aromatic carbocycles. The smallest absolute Gasteiger partial charge is 0.150 e. The van der Waals surface area contributed by atoms with Crippen LogP contribution in [-0.2, 0) is 9.84 Å². The van der Waals surface area contributed by atoms with Crippen LogP contribution in [0.5, 0.6) is 0 Å². The summed E-state index contributed by atoms with van der Waals surface area (Å²) < 4.78 is 22.7. The molecule has 0 aromatic rings. The molecule has 3 nitrogen and oxygen atoms in total. The van der Waals surface area contributed by atoms with E-state index < -0.39 is 9.84 Å². The van der Waals surface area contributed by atoms with Gasteiger partial charge in [0.05, 0.1) is 11.5 Å². The summed E-state index contributed by atoms with van der Waals surface area (Å²) in [6.45, 7) is 3.05. The summed E-state index contributed by atoms with van der Waals surface area (Å²) in [5.41, 5.74) is 0. The van der Waals surface area contributed by atoms with Gasteiger partial charge in [0.25, 0.3) is 0 Å². The highest BCUT2D eigenvalue weighted by atomic mass is 32.2. The molecule has 0 spiro atoms. The molecule has 1 aliphatic carbocycles. The van der Waals surface area contributed by atoms with Gasteiger partial charge in [0.15, 0.2) is 9.84 Å². The predicted octanol–water partition coefficient (Wildman–Crippen LogP) is 0.809. The Morgan fingerprint density at radius 3 is 2.43 bits per heavy atom. The Hall–Kier alpha value is -0.0900. The molecule has 4 heteroatoms. The van der Waals surface area contributed by atoms with E-state index in [4.69, 9.17) is 0 Å². The van der Waals surface area contributed by atoms with E-state index in [1.807, 2.05) is 0 Å². The third-order valence-corrected chi connectivity index (χ3v) is 5.14. The van der Waals surface area contributed by atoms with Gasteiger partial charge in [0.1, 0.15) is 0 Å². The third-order valence-electron chi connectivity index (χ3n) is 3.35. The van der Waals surface area contributed by atoms with Gasteiger partial charge in [-0.15, -0.1) is 0 Å². The van der Waals surface area contributed by atoms with Gasteiger partial charge in [0.2, 0.25) is 0 Å². The second kappa shape index (κ2) is 3.81. The summed E-state index contributed by atoms with van der Waals surface area (Å²) in [6.07, 6.45) is 3.44. The van der Waals surface area contributed by atoms with Crippen molar-refractivity contribution in [1.82, 2.24) is 5.32 Å². The minimum atomic E-state index is -2.70. The maximum Gasteiger partial charge on any atom is 0.150 e. The molecular weight excluding hydrogens is 198 g/mol. The second-order valence-electron chi connectivity index (χ2n) is 4.58. The molecule has 0 amide bonds. The lowest BCUT2D eigenvalue weighted by Gasteiger charge is -2.22. The summed E-state index contributed by atoms with van der Waals surface area (Å²) in [5, 5.41) is 3.46. The molecule has 0 radical (unpaired) electrons. The first kappa shape index (κ1) is 10.4. The Morgan fingerprint density at radius 1 is 1.29 bits per heavy atom. The minimum Gasteiger partial charge on any atom is -0.314 e. The van der Waals surface area contributed by atoms with Crippen LogP contribution < -0.4 is 5.32 Å². The molecule has 14 heavy (non-hydrogen) atoms. The van der Waals surface area contributed by atoms with E-state index in [0.29, 0.717) is 23.5 Å². The molecular formula is C10H19NO2S. The van der Waals surface area contributed by atoms with Crippen molar-refractivity contribution >= 4 is 9.84 Å². The monoisotopic (exact) mass is 217 g/mol. The van der Waals surface area contributed by atoms with Gasteiger partial charge in [-0.05, 0) is 37.6 Å². The van der Waals surface area contributed by atoms with Crippen molar-refractivity contribution in [2.45, 2.75) is 32.2 Å². The van der Waals surface area contributed by atoms with Crippen molar-refractivity contribution in [3.8, 4) is 0 Å². The predicted molar refractivity (Wildman–Crippen MR) is 56.9 cm³/mol. The van der Waals surface area contributed by atoms with Crippen molar-refractivity contribution in [2.75, 3.05) is 18.1 Å². The van der Waals surface area contributed by atoms with E-state index in [0.717, 1.165) is 18.9 Å². The lowest BCUT2D eigenvalue weighted by atomic mass is 9.95. The van der Waals surface area contributed by atoms with Crippen molar-refractivity contribution in [2.24, 2.45) is 11.8 Å². The zero-order valence-electron chi connectivity index (χ0n) is 8.70. The zero-order chi connectivity index (χ0) is 10.2. The first-order chi connectivity index (χ1) is 6.62. The Kier molecular flexibility index (Phi) is 2.84. The van der Waals surface area contributed by atoms with E-state index in [1.165, 1.54) is 12.8 Å². The number of hydrogen-bond donors (Lipinski definition) is 1. The van der Waals surface area contributed by atoms with Crippen molar-refractivity contribution in [3.05, 3.63) is 0 Å². The topological polar surface area (TPSA) is 46.2 Å². The molecule has 2 rings (SSSR count). The number of nitrogens with one attached hydrogen (secondary N) is 1. The summed E-state index contributed by atoms with van der Waals surface area (Å²) in [7, 11) is -2.70. The standard InChI is InChI=1S/C10H19NO2S/c1-2-11-10(8-3-4-8)9-5-6-14(12,13)7-9/h8-11H,2-7H2,1H3. The lowest BCUT2D eigenvalue weighted by molar-refractivity contribution is 0.352. The van der Waals surface area contributed by atoms with Crippen LogP contribution in [0.2, 0.25) is 0 Å². The third kappa shape index (κ3) is 2.28. The van der Waals surface area contributed by atoms with Gasteiger partial charge < -0.3 is 5.32 Å². The Bertz CT molecular complexity index is 295. The molecule has 2 fully saturated rings. The number of rotatable bonds is 4. The van der Waals surface area contributed by atoms with Gasteiger partial charge in [0, 0.05) is 6.04 Å². The first-order valence-electron chi connectivity index (χ1n) is 5.56. The van der Waals surface area contributed by atoms with Crippen LogP contribution in [0, 0.1) is 11.8 Å². The fourth-order valence-electron chi connectivity index (χ4n) is 2.52. The Morgan fingerprint density at radius 2 is 2.00 bits per heavy atom. The molecule has 1 saturated carbocycles. The van der Waals surface area contributed by atoms with Crippen molar-refractivity contribution in [1.29, 1.82) is 0 Å². The van der Waals surface area contributed by atoms with E-state index in [-0.39, 0.29) is 0 Å². The average molecular weight is 217 g/mol. The fourth-order valence-corrected chi connectivity index (χ4v) is 4.37. The fraction of sp³-hybridized carbons (Fsp3) is 1.00. The lowest BCUT2D eigenvalue weighted by Crippen LogP contribution is -2.38. The molecule has 0 aromatic heterocycles. The van der Waals surface area contributed by atoms with Crippen LogP contribution in [0.4, 0.5) is 0 Å². The molecule has 1 N–H and O–H groups in total. The Balaban J connectivity index is 1.98. The van der Waals surface area contributed by atoms with Crippen LogP contribution in [0.15, 0.2) is 0 Å². The zero-order valence-corrected chi connectivity index (χ0v) is 9.52. The van der Waals surface area contributed by atoms with Crippen LogP contribution in [0.3, 0.4) is 0 Å². The van der Waals surface area contributed by atoms with Crippen molar-refractivity contribution < 1.29 is 8.42 Å². The highest BCUT2D eigenvalue weighted by Gasteiger charge is 2.40. The summed E-state index contributed by atoms with van der Waals surface area (Å²) in [5.74, 6) is 1.97. The quantitative estimate of drug-likeness (QED) is 0.758. The van der Waals surface area contributed by atoms with Gasteiger partial charge >= 0.3 is 0 Å². The minimum absolute atomic E-state index is 0.382. The number of sulfone groups is 1. The molecule has 1 saturated heterocycles. The van der Waals surface area contributed by atoms with Gasteiger partial charge in [-0.1, -0.05) is 6.92 Å². The van der Waals surface area contributed by atoms with E-state index in [9.17, 15) is 8.42 Å². The highest BCUT2D eigenvalue weighted by Crippen LogP contribution is 2.38. The van der Waals surface area contributed by atoms with E-state index in [1.54, 1.807) is 0 Å². The SMILES string of the molecule is CCNC(C1CC1)C1CCS(=O)(=O)C1. The Labute approximate surface area is 86.2 Å². The molecule has 2 aliphatic rings. The summed E-state index contributed by atoms with van der Waals surface area (Å²) in [6, 6.07) is 0.470. The molecule has 0 bridgehead atoms. The average Bonchev–Trinajstić information content (AvgIpc) is 2.87. The number of hydrogen-bond acceptors (Lipinski definition) is 3. The largest absolute Gasteiger partial charge is 0.314 e. The molecule has 1 heterocycles. The van der Waals surface area contributed by atoms with Gasteiger partial charge in [-0.3, -0.25) is 0 Å². The summed E-state index contributed by atoms with van der Waals surface area (Å²) >= 11 is 0. The van der Waals surface area contributed by atoms with Crippen LogP contribution in [0.25, 0.3) is 0 Å². The summed E-state index contributed by atoms with van der Waals surface area (Å²) in [4.78, 5) is 0. The van der Waals surface area contributed by atoms with Gasteiger partial charge in [-0.2, -0.15) is 0 Å².